The van der Waals surface area contributed by atoms with Crippen LogP contribution in [0.4, 0.5) is 13.2 Å². The lowest BCUT2D eigenvalue weighted by Crippen LogP contribution is -2.28. The van der Waals surface area contributed by atoms with Crippen LogP contribution in [-0.2, 0) is 4.79 Å². The number of pyridine rings is 1. The van der Waals surface area contributed by atoms with Gasteiger partial charge in [0.1, 0.15) is 11.2 Å². The number of nitrogens with one attached hydrogen (secondary N) is 1. The number of rotatable bonds is 4. The lowest BCUT2D eigenvalue weighted by Gasteiger charge is -2.23. The Labute approximate surface area is 199 Å². The molecule has 0 radical (unpaired) electrons. The third-order valence-corrected chi connectivity index (χ3v) is 6.74. The molecule has 0 aromatic carbocycles. The Balaban J connectivity index is 0.000000364. The van der Waals surface area contributed by atoms with Crippen LogP contribution in [0.3, 0.4) is 0 Å². The summed E-state index contributed by atoms with van der Waals surface area (Å²) in [6.45, 7) is 4.10. The van der Waals surface area contributed by atoms with Gasteiger partial charge in [0.15, 0.2) is 5.65 Å². The normalized spacial score (nSPS) is 20.1. The molecular weight excluding hydrogens is 465 g/mol. The van der Waals surface area contributed by atoms with Crippen LogP contribution in [0.5, 0.6) is 0 Å². The van der Waals surface area contributed by atoms with E-state index in [1.54, 1.807) is 6.20 Å². The van der Waals surface area contributed by atoms with Crippen LogP contribution in [0.1, 0.15) is 68.4 Å². The second kappa shape index (κ2) is 10.1. The van der Waals surface area contributed by atoms with Crippen LogP contribution in [-0.4, -0.2) is 60.0 Å². The third kappa shape index (κ3) is 5.53. The van der Waals surface area contributed by atoms with Crippen LogP contribution in [0, 0.1) is 0 Å². The summed E-state index contributed by atoms with van der Waals surface area (Å²) in [5, 5.41) is 12.2. The first-order chi connectivity index (χ1) is 16.6. The van der Waals surface area contributed by atoms with E-state index in [1.807, 2.05) is 17.1 Å². The molecule has 2 N–H and O–H groups in total. The zero-order valence-corrected chi connectivity index (χ0v) is 19.2. The molecule has 0 amide bonds. The lowest BCUT2D eigenvalue weighted by molar-refractivity contribution is -0.192. The maximum atomic E-state index is 12.7. The van der Waals surface area contributed by atoms with E-state index >= 15 is 0 Å². The van der Waals surface area contributed by atoms with Gasteiger partial charge in [-0.15, -0.1) is 0 Å². The van der Waals surface area contributed by atoms with Gasteiger partial charge >= 0.3 is 12.1 Å². The lowest BCUT2D eigenvalue weighted by atomic mass is 10.00. The Bertz CT molecular complexity index is 1220. The van der Waals surface area contributed by atoms with Crippen molar-refractivity contribution < 1.29 is 23.1 Å². The summed E-state index contributed by atoms with van der Waals surface area (Å²) in [5.41, 5.74) is 1.99. The molecule has 12 heteroatoms. The van der Waals surface area contributed by atoms with Crippen molar-refractivity contribution in [2.24, 2.45) is 0 Å². The van der Waals surface area contributed by atoms with E-state index in [2.05, 4.69) is 39.0 Å². The second-order valence-electron chi connectivity index (χ2n) is 8.96. The van der Waals surface area contributed by atoms with Crippen molar-refractivity contribution in [3.8, 4) is 0 Å². The maximum Gasteiger partial charge on any atom is 0.490 e. The third-order valence-electron chi connectivity index (χ3n) is 6.74. The number of halogens is 3. The van der Waals surface area contributed by atoms with Gasteiger partial charge in [0.05, 0.1) is 18.3 Å². The van der Waals surface area contributed by atoms with Crippen molar-refractivity contribution in [1.29, 1.82) is 0 Å². The number of fused-ring (bicyclic) bond motifs is 1. The SMILES string of the molecule is CC(c1nc2c(cnn2C2CCCC2)c(=O)[nH]1)N1CCC(c2ccncc2)C1.O=C(O)C(F)(F)F. The van der Waals surface area contributed by atoms with Crippen LogP contribution >= 0.6 is 0 Å². The molecule has 188 valence electrons. The first-order valence-electron chi connectivity index (χ1n) is 11.6. The van der Waals surface area contributed by atoms with Gasteiger partial charge in [0, 0.05) is 18.9 Å². The quantitative estimate of drug-likeness (QED) is 0.569. The van der Waals surface area contributed by atoms with Crippen molar-refractivity contribution in [3.05, 3.63) is 52.5 Å². The summed E-state index contributed by atoms with van der Waals surface area (Å²) in [6, 6.07) is 4.64. The molecule has 5 rings (SSSR count). The fraction of sp³-hybridized carbons (Fsp3) is 0.522. The van der Waals surface area contributed by atoms with E-state index in [4.69, 9.17) is 14.9 Å². The van der Waals surface area contributed by atoms with Gasteiger partial charge in [0.2, 0.25) is 0 Å². The summed E-state index contributed by atoms with van der Waals surface area (Å²) in [6.07, 6.45) is 6.11. The first-order valence-corrected chi connectivity index (χ1v) is 11.6. The van der Waals surface area contributed by atoms with Crippen LogP contribution in [0.2, 0.25) is 0 Å². The molecule has 3 aromatic heterocycles. The zero-order valence-electron chi connectivity index (χ0n) is 19.2. The molecule has 35 heavy (non-hydrogen) atoms. The highest BCUT2D eigenvalue weighted by atomic mass is 19.4. The molecular formula is C23H27F3N6O3. The van der Waals surface area contributed by atoms with Gasteiger partial charge in [0.25, 0.3) is 5.56 Å². The van der Waals surface area contributed by atoms with Crippen LogP contribution < -0.4 is 5.56 Å². The number of nitrogens with zero attached hydrogens (tertiary/aromatic N) is 5. The molecule has 2 unspecified atom stereocenters. The van der Waals surface area contributed by atoms with Crippen molar-refractivity contribution >= 4 is 17.0 Å². The Morgan fingerprint density at radius 1 is 1.20 bits per heavy atom. The molecule has 2 aliphatic rings. The number of alkyl halides is 3. The Hall–Kier alpha value is -3.28. The van der Waals surface area contributed by atoms with E-state index in [1.165, 1.54) is 18.4 Å². The Morgan fingerprint density at radius 2 is 1.86 bits per heavy atom. The van der Waals surface area contributed by atoms with Gasteiger partial charge in [-0.2, -0.15) is 18.3 Å². The molecule has 2 atom stereocenters. The predicted molar refractivity (Wildman–Crippen MR) is 121 cm³/mol. The van der Waals surface area contributed by atoms with E-state index in [9.17, 15) is 18.0 Å². The summed E-state index contributed by atoms with van der Waals surface area (Å²) in [5.74, 6) is -1.51. The molecule has 1 aliphatic carbocycles. The van der Waals surface area contributed by atoms with E-state index in [-0.39, 0.29) is 11.6 Å². The summed E-state index contributed by atoms with van der Waals surface area (Å²) < 4.78 is 33.7. The fourth-order valence-corrected chi connectivity index (χ4v) is 4.79. The van der Waals surface area contributed by atoms with Gasteiger partial charge in [-0.1, -0.05) is 12.8 Å². The molecule has 1 aliphatic heterocycles. The average molecular weight is 493 g/mol. The van der Waals surface area contributed by atoms with Gasteiger partial charge in [-0.05, 0) is 56.3 Å². The van der Waals surface area contributed by atoms with E-state index in [0.717, 1.165) is 43.8 Å². The fourth-order valence-electron chi connectivity index (χ4n) is 4.79. The van der Waals surface area contributed by atoms with Crippen molar-refractivity contribution in [2.45, 2.75) is 63.2 Å². The molecule has 2 fully saturated rings. The maximum absolute atomic E-state index is 12.7. The number of aromatic amines is 1. The number of H-pyrrole nitrogens is 1. The van der Waals surface area contributed by atoms with E-state index in [0.29, 0.717) is 17.3 Å². The average Bonchev–Trinajstić information content (AvgIpc) is 3.59. The van der Waals surface area contributed by atoms with Crippen molar-refractivity contribution in [3.63, 3.8) is 0 Å². The number of carboxylic acid groups (broad SMARTS) is 1. The Kier molecular flexibility index (Phi) is 7.20. The van der Waals surface area contributed by atoms with Gasteiger partial charge in [-0.25, -0.2) is 14.5 Å². The van der Waals surface area contributed by atoms with Crippen LogP contribution in [0.15, 0.2) is 35.5 Å². The minimum Gasteiger partial charge on any atom is -0.475 e. The Morgan fingerprint density at radius 3 is 2.49 bits per heavy atom. The van der Waals surface area contributed by atoms with Gasteiger partial charge in [-0.3, -0.25) is 14.7 Å². The van der Waals surface area contributed by atoms with Gasteiger partial charge < -0.3 is 10.1 Å². The molecule has 4 heterocycles. The highest BCUT2D eigenvalue weighted by molar-refractivity contribution is 5.73. The number of carboxylic acids is 1. The molecule has 3 aromatic rings. The first kappa shape index (κ1) is 24.8. The summed E-state index contributed by atoms with van der Waals surface area (Å²) in [7, 11) is 0. The standard InChI is InChI=1S/C21H26N6O.C2HF3O2/c1-14(26-11-8-16(13-26)15-6-9-22-10-7-15)19-24-20-18(21(28)25-19)12-23-27(20)17-4-2-3-5-17;3-2(4,5)1(6)7/h6-7,9-10,12,14,16-17H,2-5,8,11,13H2,1H3,(H,24,25,28);(H,6,7). The number of likely N-dealkylation sites (tertiary alicyclic amines) is 1. The van der Waals surface area contributed by atoms with Crippen molar-refractivity contribution in [1.82, 2.24) is 29.6 Å². The van der Waals surface area contributed by atoms with Crippen molar-refractivity contribution in [2.75, 3.05) is 13.1 Å². The summed E-state index contributed by atoms with van der Waals surface area (Å²) >= 11 is 0. The predicted octanol–water partition coefficient (Wildman–Crippen LogP) is 3.81. The molecule has 1 saturated carbocycles. The number of carbonyl (C=O) groups is 1. The molecule has 0 bridgehead atoms. The largest absolute Gasteiger partial charge is 0.490 e. The minimum absolute atomic E-state index is 0.0656. The van der Waals surface area contributed by atoms with E-state index < -0.39 is 12.1 Å². The smallest absolute Gasteiger partial charge is 0.475 e. The highest BCUT2D eigenvalue weighted by Gasteiger charge is 2.38. The number of hydrogen-bond acceptors (Lipinski definition) is 6. The molecule has 9 nitrogen and oxygen atoms in total. The number of hydrogen-bond donors (Lipinski definition) is 2. The monoisotopic (exact) mass is 492 g/mol. The highest BCUT2D eigenvalue weighted by Crippen LogP contribution is 2.33. The number of aromatic nitrogens is 5. The van der Waals surface area contributed by atoms with Crippen LogP contribution in [0.25, 0.3) is 11.0 Å². The number of aliphatic carboxylic acids is 1. The molecule has 0 spiro atoms. The minimum atomic E-state index is -5.08. The topological polar surface area (TPSA) is 117 Å². The zero-order chi connectivity index (χ0) is 25.2. The summed E-state index contributed by atoms with van der Waals surface area (Å²) in [4.78, 5) is 36.0. The molecule has 1 saturated heterocycles. The second-order valence-corrected chi connectivity index (χ2v) is 8.96.